The first-order valence-corrected chi connectivity index (χ1v) is 7.01. The molecule has 1 amide bonds. The quantitative estimate of drug-likeness (QED) is 0.900. The van der Waals surface area contributed by atoms with Crippen LogP contribution in [0.1, 0.15) is 37.7 Å². The molecule has 4 heteroatoms. The number of aliphatic hydroxyl groups excluding tert-OH is 1. The number of aryl methyl sites for hydroxylation is 1. The van der Waals surface area contributed by atoms with E-state index in [-0.39, 0.29) is 18.1 Å². The Hall–Kier alpha value is -1.42. The molecule has 1 fully saturated rings. The molecule has 1 N–H and O–H groups in total. The number of aromatic nitrogens is 1. The van der Waals surface area contributed by atoms with Gasteiger partial charge in [-0.3, -0.25) is 9.78 Å². The summed E-state index contributed by atoms with van der Waals surface area (Å²) in [6, 6.07) is 3.86. The van der Waals surface area contributed by atoms with Gasteiger partial charge in [0.25, 0.3) is 0 Å². The number of amides is 1. The summed E-state index contributed by atoms with van der Waals surface area (Å²) in [5.41, 5.74) is 1.08. The molecule has 1 saturated carbocycles. The van der Waals surface area contributed by atoms with Crippen molar-refractivity contribution < 1.29 is 9.90 Å². The Kier molecular flexibility index (Phi) is 4.91. The zero-order valence-electron chi connectivity index (χ0n) is 11.5. The van der Waals surface area contributed by atoms with Crippen molar-refractivity contribution in [2.45, 2.75) is 50.7 Å². The summed E-state index contributed by atoms with van der Waals surface area (Å²) in [5.74, 6) is 0.106. The normalized spacial score (nSPS) is 23.1. The third-order valence-corrected chi connectivity index (χ3v) is 3.94. The Morgan fingerprint density at radius 2 is 2.26 bits per heavy atom. The van der Waals surface area contributed by atoms with Crippen molar-refractivity contribution in [2.75, 3.05) is 7.05 Å². The number of carbonyl (C=O) groups is 1. The molecule has 19 heavy (non-hydrogen) atoms. The van der Waals surface area contributed by atoms with E-state index in [1.165, 1.54) is 0 Å². The fourth-order valence-electron chi connectivity index (χ4n) is 2.70. The number of nitrogens with zero attached hydrogens (tertiary/aromatic N) is 2. The molecule has 0 radical (unpaired) electrons. The summed E-state index contributed by atoms with van der Waals surface area (Å²) in [7, 11) is 1.81. The Bertz CT molecular complexity index is 408. The van der Waals surface area contributed by atoms with Crippen LogP contribution >= 0.6 is 0 Å². The Balaban J connectivity index is 1.85. The van der Waals surface area contributed by atoms with E-state index in [4.69, 9.17) is 0 Å². The molecule has 2 unspecified atom stereocenters. The van der Waals surface area contributed by atoms with Crippen molar-refractivity contribution in [3.63, 3.8) is 0 Å². The molecule has 0 aliphatic heterocycles. The van der Waals surface area contributed by atoms with Gasteiger partial charge in [-0.2, -0.15) is 0 Å². The van der Waals surface area contributed by atoms with Gasteiger partial charge in [-0.1, -0.05) is 18.9 Å². The first-order valence-electron chi connectivity index (χ1n) is 7.01. The summed E-state index contributed by atoms with van der Waals surface area (Å²) in [6.45, 7) is 0. The highest BCUT2D eigenvalue weighted by atomic mass is 16.3. The van der Waals surface area contributed by atoms with Gasteiger partial charge in [-0.05, 0) is 30.9 Å². The number of hydrogen-bond donors (Lipinski definition) is 1. The second-order valence-electron chi connectivity index (χ2n) is 5.29. The third-order valence-electron chi connectivity index (χ3n) is 3.94. The molecule has 0 spiro atoms. The molecule has 1 aliphatic rings. The van der Waals surface area contributed by atoms with Gasteiger partial charge in [-0.25, -0.2) is 0 Å². The highest BCUT2D eigenvalue weighted by molar-refractivity contribution is 5.76. The van der Waals surface area contributed by atoms with E-state index in [9.17, 15) is 9.90 Å². The lowest BCUT2D eigenvalue weighted by molar-refractivity contribution is -0.135. The van der Waals surface area contributed by atoms with Crippen molar-refractivity contribution in [2.24, 2.45) is 0 Å². The maximum atomic E-state index is 12.2. The highest BCUT2D eigenvalue weighted by Gasteiger charge is 2.28. The van der Waals surface area contributed by atoms with Crippen LogP contribution in [0.5, 0.6) is 0 Å². The van der Waals surface area contributed by atoms with Crippen LogP contribution in [0, 0.1) is 0 Å². The number of carbonyl (C=O) groups excluding carboxylic acids is 1. The van der Waals surface area contributed by atoms with E-state index >= 15 is 0 Å². The zero-order valence-corrected chi connectivity index (χ0v) is 11.5. The Labute approximate surface area is 114 Å². The van der Waals surface area contributed by atoms with Gasteiger partial charge in [0.05, 0.1) is 12.1 Å². The van der Waals surface area contributed by atoms with Crippen LogP contribution in [0.2, 0.25) is 0 Å². The van der Waals surface area contributed by atoms with Crippen molar-refractivity contribution in [1.82, 2.24) is 9.88 Å². The molecule has 0 saturated heterocycles. The lowest BCUT2D eigenvalue weighted by atomic mass is 9.91. The van der Waals surface area contributed by atoms with E-state index in [0.29, 0.717) is 12.8 Å². The van der Waals surface area contributed by atoms with Crippen molar-refractivity contribution in [3.8, 4) is 0 Å². The van der Waals surface area contributed by atoms with Gasteiger partial charge in [0.15, 0.2) is 0 Å². The van der Waals surface area contributed by atoms with Gasteiger partial charge in [-0.15, -0.1) is 0 Å². The highest BCUT2D eigenvalue weighted by Crippen LogP contribution is 2.23. The average Bonchev–Trinajstić information content (AvgIpc) is 2.45. The van der Waals surface area contributed by atoms with Crippen LogP contribution in [0.4, 0.5) is 0 Å². The number of likely N-dealkylation sites (N-methyl/N-ethyl adjacent to an activating group) is 1. The molecule has 2 rings (SSSR count). The van der Waals surface area contributed by atoms with E-state index in [1.807, 2.05) is 19.2 Å². The lowest BCUT2D eigenvalue weighted by Crippen LogP contribution is -2.46. The second kappa shape index (κ2) is 6.66. The molecule has 4 nitrogen and oxygen atoms in total. The van der Waals surface area contributed by atoms with E-state index < -0.39 is 0 Å². The number of rotatable bonds is 4. The Morgan fingerprint density at radius 1 is 1.47 bits per heavy atom. The SMILES string of the molecule is CN(C(=O)CCc1cccnc1)C1CCCCC1O. The van der Waals surface area contributed by atoms with Gasteiger partial charge >= 0.3 is 0 Å². The molecule has 1 aliphatic carbocycles. The van der Waals surface area contributed by atoms with Crippen LogP contribution < -0.4 is 0 Å². The maximum absolute atomic E-state index is 12.2. The van der Waals surface area contributed by atoms with E-state index in [0.717, 1.165) is 31.2 Å². The minimum absolute atomic E-state index is 0.00449. The third kappa shape index (κ3) is 3.77. The predicted octanol–water partition coefficient (Wildman–Crippen LogP) is 1.78. The van der Waals surface area contributed by atoms with E-state index in [1.54, 1.807) is 17.3 Å². The Morgan fingerprint density at radius 3 is 2.95 bits per heavy atom. The smallest absolute Gasteiger partial charge is 0.222 e. The molecule has 1 heterocycles. The minimum atomic E-state index is -0.360. The van der Waals surface area contributed by atoms with Crippen LogP contribution in [0.3, 0.4) is 0 Å². The summed E-state index contributed by atoms with van der Waals surface area (Å²) < 4.78 is 0. The molecule has 104 valence electrons. The van der Waals surface area contributed by atoms with Gasteiger partial charge in [0.1, 0.15) is 0 Å². The first kappa shape index (κ1) is 14.0. The number of aliphatic hydroxyl groups is 1. The minimum Gasteiger partial charge on any atom is -0.391 e. The average molecular weight is 262 g/mol. The van der Waals surface area contributed by atoms with Crippen molar-refractivity contribution in [1.29, 1.82) is 0 Å². The first-order chi connectivity index (χ1) is 9.18. The molecule has 0 aromatic carbocycles. The summed E-state index contributed by atoms with van der Waals surface area (Å²) in [6.07, 6.45) is 8.24. The van der Waals surface area contributed by atoms with Crippen LogP contribution in [0.15, 0.2) is 24.5 Å². The molecule has 0 bridgehead atoms. The summed E-state index contributed by atoms with van der Waals surface area (Å²) in [4.78, 5) is 17.9. The molecular formula is C15H22N2O2. The lowest BCUT2D eigenvalue weighted by Gasteiger charge is -2.35. The second-order valence-corrected chi connectivity index (χ2v) is 5.29. The molecule has 1 aromatic rings. The molecule has 1 aromatic heterocycles. The summed E-state index contributed by atoms with van der Waals surface area (Å²) in [5, 5.41) is 9.97. The number of hydrogen-bond acceptors (Lipinski definition) is 3. The fraction of sp³-hybridized carbons (Fsp3) is 0.600. The van der Waals surface area contributed by atoms with Crippen LogP contribution in [0.25, 0.3) is 0 Å². The van der Waals surface area contributed by atoms with Crippen LogP contribution in [-0.4, -0.2) is 40.1 Å². The van der Waals surface area contributed by atoms with Crippen molar-refractivity contribution in [3.05, 3.63) is 30.1 Å². The molecule has 2 atom stereocenters. The zero-order chi connectivity index (χ0) is 13.7. The molecular weight excluding hydrogens is 240 g/mol. The predicted molar refractivity (Wildman–Crippen MR) is 73.6 cm³/mol. The van der Waals surface area contributed by atoms with E-state index in [2.05, 4.69) is 4.98 Å². The van der Waals surface area contributed by atoms with Crippen molar-refractivity contribution >= 4 is 5.91 Å². The fourth-order valence-corrected chi connectivity index (χ4v) is 2.70. The monoisotopic (exact) mass is 262 g/mol. The van der Waals surface area contributed by atoms with Gasteiger partial charge < -0.3 is 10.0 Å². The van der Waals surface area contributed by atoms with Gasteiger partial charge in [0, 0.05) is 25.9 Å². The van der Waals surface area contributed by atoms with Crippen LogP contribution in [-0.2, 0) is 11.2 Å². The van der Waals surface area contributed by atoms with Gasteiger partial charge in [0.2, 0.25) is 5.91 Å². The maximum Gasteiger partial charge on any atom is 0.222 e. The summed E-state index contributed by atoms with van der Waals surface area (Å²) >= 11 is 0. The number of pyridine rings is 1. The topological polar surface area (TPSA) is 53.4 Å². The largest absolute Gasteiger partial charge is 0.391 e. The standard InChI is InChI=1S/C15H22N2O2/c1-17(13-6-2-3-7-14(13)18)15(19)9-8-12-5-4-10-16-11-12/h4-5,10-11,13-14,18H,2-3,6-9H2,1H3.